The molecule has 0 amide bonds. The predicted octanol–water partition coefficient (Wildman–Crippen LogP) is 7.08. The average Bonchev–Trinajstić information content (AvgIpc) is 3.58. The van der Waals surface area contributed by atoms with Gasteiger partial charge in [-0.25, -0.2) is 0 Å². The van der Waals surface area contributed by atoms with Crippen molar-refractivity contribution in [2.24, 2.45) is 0 Å². The number of aryl methyl sites for hydroxylation is 2. The van der Waals surface area contributed by atoms with Crippen LogP contribution in [0.25, 0.3) is 33.6 Å². The van der Waals surface area contributed by atoms with Crippen molar-refractivity contribution in [1.29, 1.82) is 0 Å². The quantitative estimate of drug-likeness (QED) is 0.152. The summed E-state index contributed by atoms with van der Waals surface area (Å²) in [6, 6.07) is 41.2. The van der Waals surface area contributed by atoms with E-state index in [1.165, 1.54) is 78.4 Å². The number of quaternary nitrogens is 1. The number of benzene rings is 4. The fourth-order valence-corrected chi connectivity index (χ4v) is 8.71. The van der Waals surface area contributed by atoms with Gasteiger partial charge in [0.2, 0.25) is 12.4 Å². The molecule has 2 aromatic heterocycles. The van der Waals surface area contributed by atoms with Gasteiger partial charge < -0.3 is 0 Å². The Morgan fingerprint density at radius 2 is 0.875 bits per heavy atom. The Bertz CT molecular complexity index is 2000. The van der Waals surface area contributed by atoms with E-state index in [1.54, 1.807) is 0 Å². The summed E-state index contributed by atoms with van der Waals surface area (Å²) >= 11 is 0. The van der Waals surface area contributed by atoms with Crippen LogP contribution in [0.3, 0.4) is 0 Å². The lowest BCUT2D eigenvalue weighted by molar-refractivity contribution is -1.02. The number of hydrogen-bond donors (Lipinski definition) is 0. The first-order valence-corrected chi connectivity index (χ1v) is 14.1. The second kappa shape index (κ2) is 6.64. The zero-order valence-electron chi connectivity index (χ0n) is 22.4. The van der Waals surface area contributed by atoms with Gasteiger partial charge in [0.05, 0.1) is 14.8 Å². The van der Waals surface area contributed by atoms with Crippen molar-refractivity contribution in [1.82, 2.24) is 4.70 Å². The van der Waals surface area contributed by atoms with Crippen LogP contribution in [0.4, 0.5) is 11.4 Å². The molecule has 40 heavy (non-hydrogen) atoms. The summed E-state index contributed by atoms with van der Waals surface area (Å²) in [6.07, 6.45) is 4.57. The Kier molecular flexibility index (Phi) is 3.49. The summed E-state index contributed by atoms with van der Waals surface area (Å²) in [4.78, 5) is 0. The van der Waals surface area contributed by atoms with Gasteiger partial charge in [-0.2, -0.15) is 0 Å². The molecule has 4 aliphatic rings. The molecule has 0 unspecified atom stereocenters. The van der Waals surface area contributed by atoms with E-state index in [2.05, 4.69) is 145 Å². The Balaban J connectivity index is 1.53. The molecule has 0 atom stereocenters. The lowest BCUT2D eigenvalue weighted by atomic mass is 9.64. The average molecular weight is 513 g/mol. The molecule has 5 heterocycles. The van der Waals surface area contributed by atoms with Crippen molar-refractivity contribution in [3.8, 4) is 33.6 Å². The number of hydrogen-bond acceptors (Lipinski definition) is 0. The van der Waals surface area contributed by atoms with E-state index < -0.39 is 5.41 Å². The molecule has 0 fully saturated rings. The fraction of sp³-hybridized carbons (Fsp3) is 0.0811. The van der Waals surface area contributed by atoms with Gasteiger partial charge >= 0.3 is 0 Å². The highest BCUT2D eigenvalue weighted by Gasteiger charge is 2.75. The van der Waals surface area contributed by atoms with E-state index in [-0.39, 0.29) is 0 Å². The third-order valence-corrected chi connectivity index (χ3v) is 9.94. The Morgan fingerprint density at radius 3 is 1.38 bits per heavy atom. The van der Waals surface area contributed by atoms with Gasteiger partial charge in [0.1, 0.15) is 11.1 Å². The zero-order valence-corrected chi connectivity index (χ0v) is 22.4. The van der Waals surface area contributed by atoms with Crippen LogP contribution in [-0.4, -0.2) is 0 Å². The number of aromatic nitrogens is 2. The SMILES string of the molecule is Cc1ccc[n+]2c1-c1cccc3c1[N+]21c2c(cccc2C32c3ccccc3-c3ccccc32)-c2c(C)ccc[n+]21. The molecule has 0 saturated heterocycles. The summed E-state index contributed by atoms with van der Waals surface area (Å²) in [6.45, 7) is 4.51. The molecule has 3 nitrogen and oxygen atoms in total. The number of pyridine rings is 2. The minimum absolute atomic E-state index is 0.404. The molecule has 10 rings (SSSR count). The summed E-state index contributed by atoms with van der Waals surface area (Å²) in [5.41, 5.74) is 18.3. The maximum atomic E-state index is 2.52. The molecule has 1 aliphatic carbocycles. The number of fused-ring (bicyclic) bond motifs is 11. The maximum Gasteiger partial charge on any atom is 0.289 e. The van der Waals surface area contributed by atoms with Crippen molar-refractivity contribution < 1.29 is 9.35 Å². The van der Waals surface area contributed by atoms with Crippen LogP contribution < -0.4 is 14.1 Å². The third-order valence-electron chi connectivity index (χ3n) is 9.94. The summed E-state index contributed by atoms with van der Waals surface area (Å²) in [5, 5.41) is 0. The Labute approximate surface area is 233 Å². The summed E-state index contributed by atoms with van der Waals surface area (Å²) in [5.74, 6) is 0. The molecule has 186 valence electrons. The summed E-state index contributed by atoms with van der Waals surface area (Å²) in [7, 11) is 0. The highest BCUT2D eigenvalue weighted by Crippen LogP contribution is 2.67. The van der Waals surface area contributed by atoms with E-state index in [0.29, 0.717) is 4.70 Å². The van der Waals surface area contributed by atoms with Gasteiger partial charge in [-0.05, 0) is 60.4 Å². The molecule has 6 aromatic rings. The van der Waals surface area contributed by atoms with E-state index in [9.17, 15) is 0 Å². The standard InChI is InChI=1S/C37H26N3/c1-23-11-9-21-38-33(23)27-15-7-19-31-35(27)40(38)36-28(34-24(2)12-10-22-39(34)40)16-8-20-32(36)37(31)29-17-5-3-13-25(29)26-14-4-6-18-30(26)37/h3-22H,1-2H3/q+3. The lowest BCUT2D eigenvalue weighted by Gasteiger charge is -2.38. The highest BCUT2D eigenvalue weighted by atomic mass is 15.9. The molecule has 0 saturated carbocycles. The van der Waals surface area contributed by atoms with E-state index in [1.807, 2.05) is 0 Å². The highest BCUT2D eigenvalue weighted by molar-refractivity contribution is 5.99. The second-order valence-corrected chi connectivity index (χ2v) is 11.6. The lowest BCUT2D eigenvalue weighted by Crippen LogP contribution is -2.82. The molecule has 3 heteroatoms. The number of rotatable bonds is 0. The summed E-state index contributed by atoms with van der Waals surface area (Å²) < 4.78 is 5.56. The van der Waals surface area contributed by atoms with Gasteiger partial charge in [-0.1, -0.05) is 72.8 Å². The van der Waals surface area contributed by atoms with E-state index in [0.717, 1.165) is 0 Å². The Morgan fingerprint density at radius 1 is 0.450 bits per heavy atom. The van der Waals surface area contributed by atoms with Crippen LogP contribution in [-0.2, 0) is 5.41 Å². The first kappa shape index (κ1) is 21.0. The van der Waals surface area contributed by atoms with Gasteiger partial charge in [0.15, 0.2) is 4.70 Å². The van der Waals surface area contributed by atoms with Gasteiger partial charge in [0.25, 0.3) is 22.8 Å². The van der Waals surface area contributed by atoms with Crippen molar-refractivity contribution in [3.63, 3.8) is 0 Å². The number of nitrogens with zero attached hydrogens (tertiary/aromatic N) is 3. The first-order chi connectivity index (χ1) is 19.7. The molecule has 0 radical (unpaired) electrons. The van der Waals surface area contributed by atoms with E-state index in [4.69, 9.17) is 0 Å². The molecule has 4 aromatic carbocycles. The van der Waals surface area contributed by atoms with Crippen LogP contribution >= 0.6 is 0 Å². The van der Waals surface area contributed by atoms with E-state index >= 15 is 0 Å². The van der Waals surface area contributed by atoms with Crippen molar-refractivity contribution in [2.75, 3.05) is 0 Å². The van der Waals surface area contributed by atoms with Crippen molar-refractivity contribution in [3.05, 3.63) is 155 Å². The van der Waals surface area contributed by atoms with Gasteiger partial charge in [-0.3, -0.25) is 0 Å². The monoisotopic (exact) mass is 512 g/mol. The maximum absolute atomic E-state index is 2.52. The minimum atomic E-state index is -0.404. The molecule has 3 aliphatic heterocycles. The van der Waals surface area contributed by atoms with Crippen LogP contribution in [0.5, 0.6) is 0 Å². The Hall–Kier alpha value is -4.86. The van der Waals surface area contributed by atoms with Crippen molar-refractivity contribution in [2.45, 2.75) is 19.3 Å². The molecular formula is C37H26N3+3. The minimum Gasteiger partial charge on any atom is -0.0619 e. The van der Waals surface area contributed by atoms with Gasteiger partial charge in [-0.15, -0.1) is 0 Å². The van der Waals surface area contributed by atoms with Crippen LogP contribution in [0.2, 0.25) is 0 Å². The zero-order chi connectivity index (χ0) is 26.4. The number of para-hydroxylation sites is 2. The molecular weight excluding hydrogens is 486 g/mol. The topological polar surface area (TPSA) is 7.76 Å². The first-order valence-electron chi connectivity index (χ1n) is 14.1. The van der Waals surface area contributed by atoms with Gasteiger partial charge in [0, 0.05) is 34.4 Å². The normalized spacial score (nSPS) is 16.1. The largest absolute Gasteiger partial charge is 0.289 e. The molecule has 2 spiro atoms. The second-order valence-electron chi connectivity index (χ2n) is 11.6. The molecule has 0 N–H and O–H groups in total. The van der Waals surface area contributed by atoms with Crippen molar-refractivity contribution >= 4 is 11.4 Å². The van der Waals surface area contributed by atoms with Crippen LogP contribution in [0.15, 0.2) is 122 Å². The van der Waals surface area contributed by atoms with Crippen LogP contribution in [0.1, 0.15) is 33.4 Å². The molecule has 0 bridgehead atoms. The fourth-order valence-electron chi connectivity index (χ4n) is 8.71. The van der Waals surface area contributed by atoms with Crippen LogP contribution in [0, 0.1) is 13.8 Å². The third kappa shape index (κ3) is 1.93. The smallest absolute Gasteiger partial charge is 0.0619 e. The predicted molar refractivity (Wildman–Crippen MR) is 157 cm³/mol.